The lowest BCUT2D eigenvalue weighted by Crippen LogP contribution is -2.15. The highest BCUT2D eigenvalue weighted by atomic mass is 16.5. The molecule has 2 heterocycles. The third kappa shape index (κ3) is 4.43. The number of allylic oxidation sites excluding steroid dienone is 2. The number of aliphatic imine (C=N–C) groups is 1. The Hall–Kier alpha value is -3.66. The summed E-state index contributed by atoms with van der Waals surface area (Å²) in [4.78, 5) is 16.4. The van der Waals surface area contributed by atoms with Crippen molar-refractivity contribution in [2.24, 2.45) is 12.0 Å². The van der Waals surface area contributed by atoms with E-state index >= 15 is 0 Å². The van der Waals surface area contributed by atoms with Crippen molar-refractivity contribution in [3.8, 4) is 11.5 Å². The third-order valence-electron chi connectivity index (χ3n) is 4.83. The molecule has 0 amide bonds. The van der Waals surface area contributed by atoms with Crippen molar-refractivity contribution >= 4 is 11.4 Å². The van der Waals surface area contributed by atoms with E-state index in [0.717, 1.165) is 46.0 Å². The van der Waals surface area contributed by atoms with Gasteiger partial charge in [-0.15, -0.1) is 0 Å². The highest BCUT2D eigenvalue weighted by Gasteiger charge is 2.14. The monoisotopic (exact) mass is 382 g/mol. The van der Waals surface area contributed by atoms with Crippen LogP contribution in [-0.2, 0) is 13.5 Å². The quantitative estimate of drug-likeness (QED) is 0.591. The zero-order valence-electron chi connectivity index (χ0n) is 16.3. The fourth-order valence-corrected chi connectivity index (χ4v) is 3.28. The van der Waals surface area contributed by atoms with Crippen LogP contribution < -0.4 is 10.3 Å². The van der Waals surface area contributed by atoms with Gasteiger partial charge < -0.3 is 9.30 Å². The predicted molar refractivity (Wildman–Crippen MR) is 118 cm³/mol. The van der Waals surface area contributed by atoms with Gasteiger partial charge >= 0.3 is 0 Å². The van der Waals surface area contributed by atoms with E-state index < -0.39 is 0 Å². The van der Waals surface area contributed by atoms with Gasteiger partial charge in [-0.25, -0.2) is 0 Å². The number of aromatic nitrogens is 1. The van der Waals surface area contributed by atoms with Crippen molar-refractivity contribution in [1.29, 1.82) is 0 Å². The van der Waals surface area contributed by atoms with Crippen LogP contribution in [-0.4, -0.2) is 10.3 Å². The molecule has 3 aromatic rings. The van der Waals surface area contributed by atoms with Crippen LogP contribution in [0.4, 0.5) is 0 Å². The first kappa shape index (κ1) is 18.7. The van der Waals surface area contributed by atoms with Crippen molar-refractivity contribution in [3.05, 3.63) is 113 Å². The summed E-state index contributed by atoms with van der Waals surface area (Å²) in [5.41, 5.74) is 4.92. The van der Waals surface area contributed by atoms with Crippen molar-refractivity contribution in [2.75, 3.05) is 0 Å². The Morgan fingerprint density at radius 3 is 2.66 bits per heavy atom. The van der Waals surface area contributed by atoms with Crippen molar-refractivity contribution in [3.63, 3.8) is 0 Å². The molecular weight excluding hydrogens is 360 g/mol. The summed E-state index contributed by atoms with van der Waals surface area (Å²) in [6.45, 7) is 4.21. The molecule has 144 valence electrons. The Balaban J connectivity index is 1.47. The summed E-state index contributed by atoms with van der Waals surface area (Å²) < 4.78 is 7.52. The molecule has 1 aliphatic heterocycles. The minimum atomic E-state index is -0.0147. The van der Waals surface area contributed by atoms with Gasteiger partial charge in [0.05, 0.1) is 5.70 Å². The van der Waals surface area contributed by atoms with Gasteiger partial charge in [-0.3, -0.25) is 9.79 Å². The Kier molecular flexibility index (Phi) is 5.25. The standard InChI is InChI=1S/C25H22N2O2/c1-18(15-19-11-14-25(28)27(2)17-19)23-12-13-24(26-23)20-7-6-10-22(16-20)29-21-8-4-3-5-9-21/h3-11,13-14,16-17H,1,12,15H2,2H3. The number of rotatable bonds is 6. The molecule has 1 aliphatic rings. The zero-order valence-corrected chi connectivity index (χ0v) is 16.3. The summed E-state index contributed by atoms with van der Waals surface area (Å²) in [6, 6.07) is 21.1. The van der Waals surface area contributed by atoms with Crippen LogP contribution in [0, 0.1) is 0 Å². The van der Waals surface area contributed by atoms with E-state index in [9.17, 15) is 4.79 Å². The van der Waals surface area contributed by atoms with Crippen LogP contribution in [0.15, 0.2) is 101 Å². The number of aryl methyl sites for hydroxylation is 1. The molecule has 0 fully saturated rings. The summed E-state index contributed by atoms with van der Waals surface area (Å²) in [5.74, 6) is 1.59. The van der Waals surface area contributed by atoms with E-state index in [2.05, 4.69) is 12.7 Å². The molecule has 4 heteroatoms. The van der Waals surface area contributed by atoms with E-state index in [1.807, 2.05) is 66.9 Å². The Labute approximate surface area is 170 Å². The van der Waals surface area contributed by atoms with E-state index in [1.165, 1.54) is 0 Å². The maximum absolute atomic E-state index is 11.6. The largest absolute Gasteiger partial charge is 0.457 e. The Morgan fingerprint density at radius 1 is 1.07 bits per heavy atom. The normalized spacial score (nSPS) is 13.0. The van der Waals surface area contributed by atoms with Crippen LogP contribution in [0.3, 0.4) is 0 Å². The lowest BCUT2D eigenvalue weighted by molar-refractivity contribution is 0.482. The molecule has 0 aliphatic carbocycles. The zero-order chi connectivity index (χ0) is 20.2. The first-order valence-corrected chi connectivity index (χ1v) is 9.53. The lowest BCUT2D eigenvalue weighted by atomic mass is 10.0. The van der Waals surface area contributed by atoms with E-state index in [0.29, 0.717) is 6.42 Å². The number of para-hydroxylation sites is 1. The molecule has 0 N–H and O–H groups in total. The van der Waals surface area contributed by atoms with Crippen LogP contribution in [0.1, 0.15) is 17.5 Å². The van der Waals surface area contributed by atoms with Gasteiger partial charge in [0.25, 0.3) is 0 Å². The minimum Gasteiger partial charge on any atom is -0.457 e. The fraction of sp³-hybridized carbons (Fsp3) is 0.120. The van der Waals surface area contributed by atoms with Crippen LogP contribution in [0.25, 0.3) is 5.70 Å². The molecule has 0 radical (unpaired) electrons. The molecule has 0 saturated heterocycles. The number of hydrogen-bond acceptors (Lipinski definition) is 3. The second kappa shape index (κ2) is 8.15. The van der Waals surface area contributed by atoms with Crippen LogP contribution in [0.5, 0.6) is 11.5 Å². The van der Waals surface area contributed by atoms with Gasteiger partial charge in [-0.2, -0.15) is 0 Å². The second-order valence-electron chi connectivity index (χ2n) is 7.06. The maximum atomic E-state index is 11.6. The van der Waals surface area contributed by atoms with Crippen molar-refractivity contribution in [1.82, 2.24) is 4.57 Å². The van der Waals surface area contributed by atoms with Gasteiger partial charge in [0, 0.05) is 43.4 Å². The average molecular weight is 382 g/mol. The SMILES string of the molecule is C=C(Cc1ccc(=O)n(C)c1)C1=NC(c2cccc(Oc3ccccc3)c2)=CC1. The molecule has 0 bridgehead atoms. The van der Waals surface area contributed by atoms with Gasteiger partial charge in [0.15, 0.2) is 0 Å². The number of ether oxygens (including phenoxy) is 1. The summed E-state index contributed by atoms with van der Waals surface area (Å²) in [5, 5.41) is 0. The predicted octanol–water partition coefficient (Wildman–Crippen LogP) is 5.16. The first-order valence-electron chi connectivity index (χ1n) is 9.53. The topological polar surface area (TPSA) is 43.6 Å². The van der Waals surface area contributed by atoms with E-state index in [-0.39, 0.29) is 5.56 Å². The van der Waals surface area contributed by atoms with Gasteiger partial charge in [-0.1, -0.05) is 49.1 Å². The van der Waals surface area contributed by atoms with Gasteiger partial charge in [0.1, 0.15) is 11.5 Å². The minimum absolute atomic E-state index is 0.0147. The number of benzene rings is 2. The molecule has 4 nitrogen and oxygen atoms in total. The molecule has 0 spiro atoms. The number of nitrogens with zero attached hydrogens (tertiary/aromatic N) is 2. The van der Waals surface area contributed by atoms with Crippen molar-refractivity contribution in [2.45, 2.75) is 12.8 Å². The maximum Gasteiger partial charge on any atom is 0.250 e. The Morgan fingerprint density at radius 2 is 1.86 bits per heavy atom. The fourth-order valence-electron chi connectivity index (χ4n) is 3.28. The molecule has 0 saturated carbocycles. The van der Waals surface area contributed by atoms with E-state index in [1.54, 1.807) is 17.7 Å². The summed E-state index contributed by atoms with van der Waals surface area (Å²) in [6.07, 6.45) is 5.39. The highest BCUT2D eigenvalue weighted by Crippen LogP contribution is 2.29. The lowest BCUT2D eigenvalue weighted by Gasteiger charge is -2.08. The molecule has 2 aromatic carbocycles. The molecular formula is C25H22N2O2. The molecule has 29 heavy (non-hydrogen) atoms. The Bertz CT molecular complexity index is 1170. The number of hydrogen-bond donors (Lipinski definition) is 0. The van der Waals surface area contributed by atoms with Gasteiger partial charge in [0.2, 0.25) is 5.56 Å². The first-order chi connectivity index (χ1) is 14.1. The molecule has 4 rings (SSSR count). The smallest absolute Gasteiger partial charge is 0.250 e. The molecule has 1 aromatic heterocycles. The van der Waals surface area contributed by atoms with Crippen LogP contribution in [0.2, 0.25) is 0 Å². The summed E-state index contributed by atoms with van der Waals surface area (Å²) >= 11 is 0. The van der Waals surface area contributed by atoms with Gasteiger partial charge in [-0.05, 0) is 35.4 Å². The highest BCUT2D eigenvalue weighted by molar-refractivity contribution is 6.06. The average Bonchev–Trinajstić information content (AvgIpc) is 3.22. The van der Waals surface area contributed by atoms with Crippen LogP contribution >= 0.6 is 0 Å². The van der Waals surface area contributed by atoms with Crippen molar-refractivity contribution < 1.29 is 4.74 Å². The second-order valence-corrected chi connectivity index (χ2v) is 7.06. The summed E-state index contributed by atoms with van der Waals surface area (Å²) in [7, 11) is 1.76. The third-order valence-corrected chi connectivity index (χ3v) is 4.83. The number of pyridine rings is 1. The molecule has 0 atom stereocenters. The molecule has 0 unspecified atom stereocenters. The van der Waals surface area contributed by atoms with E-state index in [4.69, 9.17) is 9.73 Å².